The Morgan fingerprint density at radius 3 is 2.71 bits per heavy atom. The number of carbonyl (C=O) groups excluding carboxylic acids is 1. The summed E-state index contributed by atoms with van der Waals surface area (Å²) in [6.07, 6.45) is 2.00. The minimum atomic E-state index is -0.408. The molecular weight excluding hydrogens is 396 g/mol. The van der Waals surface area contributed by atoms with Crippen molar-refractivity contribution in [3.63, 3.8) is 0 Å². The molecule has 31 heavy (non-hydrogen) atoms. The number of nitrogens with one attached hydrogen (secondary N) is 1. The van der Waals surface area contributed by atoms with E-state index < -0.39 is 4.92 Å². The third-order valence-electron chi connectivity index (χ3n) is 5.62. The number of fused-ring (bicyclic) bond motifs is 1. The van der Waals surface area contributed by atoms with E-state index in [4.69, 9.17) is 4.74 Å². The minimum Gasteiger partial charge on any atom is -0.496 e. The summed E-state index contributed by atoms with van der Waals surface area (Å²) < 4.78 is 5.34. The van der Waals surface area contributed by atoms with E-state index in [1.807, 2.05) is 41.3 Å². The highest BCUT2D eigenvalue weighted by atomic mass is 16.6. The third-order valence-corrected chi connectivity index (χ3v) is 5.62. The number of amides is 1. The number of non-ortho nitro benzene ring substituents is 1. The first-order valence-corrected chi connectivity index (χ1v) is 10.2. The van der Waals surface area contributed by atoms with Gasteiger partial charge in [-0.2, -0.15) is 0 Å². The summed E-state index contributed by atoms with van der Waals surface area (Å²) >= 11 is 0. The lowest BCUT2D eigenvalue weighted by Crippen LogP contribution is -2.43. The maximum absolute atomic E-state index is 12.7. The first-order valence-electron chi connectivity index (χ1n) is 10.2. The Bertz CT molecular complexity index is 1110. The number of anilines is 1. The van der Waals surface area contributed by atoms with Crippen LogP contribution >= 0.6 is 0 Å². The Balaban J connectivity index is 1.34. The molecule has 0 bridgehead atoms. The van der Waals surface area contributed by atoms with E-state index in [-0.39, 0.29) is 17.6 Å². The van der Waals surface area contributed by atoms with Crippen LogP contribution in [0, 0.1) is 10.1 Å². The van der Waals surface area contributed by atoms with Crippen LogP contribution in [0.1, 0.15) is 18.4 Å². The molecule has 2 aromatic carbocycles. The molecule has 4 rings (SSSR count). The van der Waals surface area contributed by atoms with Crippen LogP contribution in [-0.2, 0) is 11.2 Å². The van der Waals surface area contributed by atoms with Crippen LogP contribution in [-0.4, -0.2) is 47.0 Å². The molecule has 3 aromatic rings. The lowest BCUT2D eigenvalue weighted by molar-refractivity contribution is -0.384. The first kappa shape index (κ1) is 20.6. The highest BCUT2D eigenvalue weighted by molar-refractivity contribution is 5.82. The Labute approximate surface area is 180 Å². The maximum Gasteiger partial charge on any atom is 0.270 e. The fraction of sp³-hybridized carbons (Fsp3) is 0.304. The molecule has 160 valence electrons. The van der Waals surface area contributed by atoms with E-state index >= 15 is 0 Å². The molecular formula is C23H24N4O4. The SMILES string of the molecule is COc1ccccc1CC(=O)N1CCC(Nc2ccc3cc([N+](=O)[O-])ccc3n2)CC1. The molecule has 1 aromatic heterocycles. The average Bonchev–Trinajstić information content (AvgIpc) is 2.79. The summed E-state index contributed by atoms with van der Waals surface area (Å²) in [5.41, 5.74) is 1.66. The maximum atomic E-state index is 12.7. The van der Waals surface area contributed by atoms with Crippen molar-refractivity contribution < 1.29 is 14.5 Å². The number of hydrogen-bond donors (Lipinski definition) is 1. The number of nitro groups is 1. The van der Waals surface area contributed by atoms with E-state index in [0.717, 1.165) is 35.4 Å². The molecule has 8 nitrogen and oxygen atoms in total. The van der Waals surface area contributed by atoms with E-state index in [9.17, 15) is 14.9 Å². The van der Waals surface area contributed by atoms with E-state index in [1.54, 1.807) is 13.2 Å². The van der Waals surface area contributed by atoms with Gasteiger partial charge in [0.1, 0.15) is 11.6 Å². The van der Waals surface area contributed by atoms with Gasteiger partial charge in [0, 0.05) is 42.2 Å². The normalized spacial score (nSPS) is 14.4. The number of para-hydroxylation sites is 1. The quantitative estimate of drug-likeness (QED) is 0.481. The largest absolute Gasteiger partial charge is 0.496 e. The van der Waals surface area contributed by atoms with Gasteiger partial charge in [0.2, 0.25) is 5.91 Å². The second-order valence-electron chi connectivity index (χ2n) is 7.62. The van der Waals surface area contributed by atoms with E-state index in [0.29, 0.717) is 25.0 Å². The average molecular weight is 420 g/mol. The first-order chi connectivity index (χ1) is 15.0. The van der Waals surface area contributed by atoms with Crippen LogP contribution < -0.4 is 10.1 Å². The van der Waals surface area contributed by atoms with Crippen molar-refractivity contribution in [3.8, 4) is 5.75 Å². The molecule has 0 aliphatic carbocycles. The number of ether oxygens (including phenoxy) is 1. The number of likely N-dealkylation sites (tertiary alicyclic amines) is 1. The molecule has 0 spiro atoms. The van der Waals surface area contributed by atoms with Gasteiger partial charge in [-0.3, -0.25) is 14.9 Å². The molecule has 1 N–H and O–H groups in total. The molecule has 1 saturated heterocycles. The summed E-state index contributed by atoms with van der Waals surface area (Å²) in [6.45, 7) is 1.37. The fourth-order valence-corrected chi connectivity index (χ4v) is 3.91. The molecule has 1 amide bonds. The van der Waals surface area contributed by atoms with Crippen molar-refractivity contribution in [2.45, 2.75) is 25.3 Å². The number of nitro benzene ring substituents is 1. The van der Waals surface area contributed by atoms with Crippen LogP contribution in [0.15, 0.2) is 54.6 Å². The number of benzene rings is 2. The molecule has 2 heterocycles. The molecule has 1 aliphatic heterocycles. The number of methoxy groups -OCH3 is 1. The van der Waals surface area contributed by atoms with Crippen molar-refractivity contribution in [1.82, 2.24) is 9.88 Å². The van der Waals surface area contributed by atoms with Gasteiger partial charge in [-0.05, 0) is 37.1 Å². The van der Waals surface area contributed by atoms with E-state index in [1.165, 1.54) is 12.1 Å². The molecule has 1 aliphatic rings. The Morgan fingerprint density at radius 2 is 1.97 bits per heavy atom. The zero-order valence-corrected chi connectivity index (χ0v) is 17.3. The van der Waals surface area contributed by atoms with Crippen LogP contribution in [0.5, 0.6) is 5.75 Å². The molecule has 1 fully saturated rings. The number of rotatable bonds is 6. The monoisotopic (exact) mass is 420 g/mol. The van der Waals surface area contributed by atoms with Gasteiger partial charge >= 0.3 is 0 Å². The number of carbonyl (C=O) groups is 1. The summed E-state index contributed by atoms with van der Waals surface area (Å²) in [4.78, 5) is 29.7. The van der Waals surface area contributed by atoms with Gasteiger partial charge in [0.25, 0.3) is 5.69 Å². The Kier molecular flexibility index (Phi) is 5.97. The van der Waals surface area contributed by atoms with Gasteiger partial charge < -0.3 is 15.0 Å². The Hall–Kier alpha value is -3.68. The number of hydrogen-bond acceptors (Lipinski definition) is 6. The standard InChI is InChI=1S/C23H24N4O4/c1-31-21-5-3-2-4-17(21)15-23(28)26-12-10-18(11-13-26)24-22-9-6-16-14-19(27(29)30)7-8-20(16)25-22/h2-9,14,18H,10-13,15H2,1H3,(H,24,25). The zero-order valence-electron chi connectivity index (χ0n) is 17.3. The summed E-state index contributed by atoms with van der Waals surface area (Å²) in [5.74, 6) is 1.58. The Morgan fingerprint density at radius 1 is 1.19 bits per heavy atom. The smallest absolute Gasteiger partial charge is 0.270 e. The molecule has 0 saturated carbocycles. The lowest BCUT2D eigenvalue weighted by Gasteiger charge is -2.33. The van der Waals surface area contributed by atoms with Crippen molar-refractivity contribution in [3.05, 3.63) is 70.3 Å². The van der Waals surface area contributed by atoms with Crippen molar-refractivity contribution in [2.75, 3.05) is 25.5 Å². The van der Waals surface area contributed by atoms with Crippen LogP contribution in [0.2, 0.25) is 0 Å². The van der Waals surface area contributed by atoms with Gasteiger partial charge in [-0.15, -0.1) is 0 Å². The predicted molar refractivity (Wildman–Crippen MR) is 118 cm³/mol. The van der Waals surface area contributed by atoms with Gasteiger partial charge in [-0.1, -0.05) is 18.2 Å². The highest BCUT2D eigenvalue weighted by Gasteiger charge is 2.23. The van der Waals surface area contributed by atoms with Gasteiger partial charge in [-0.25, -0.2) is 4.98 Å². The summed E-state index contributed by atoms with van der Waals surface area (Å²) in [6, 6.07) is 16.1. The summed E-state index contributed by atoms with van der Waals surface area (Å²) in [5, 5.41) is 15.1. The van der Waals surface area contributed by atoms with E-state index in [2.05, 4.69) is 10.3 Å². The van der Waals surface area contributed by atoms with Crippen LogP contribution in [0.3, 0.4) is 0 Å². The fourth-order valence-electron chi connectivity index (χ4n) is 3.91. The number of pyridine rings is 1. The molecule has 8 heteroatoms. The predicted octanol–water partition coefficient (Wildman–Crippen LogP) is 3.80. The second kappa shape index (κ2) is 8.99. The molecule has 0 unspecified atom stereocenters. The van der Waals surface area contributed by atoms with Gasteiger partial charge in [0.05, 0.1) is 24.0 Å². The van der Waals surface area contributed by atoms with Crippen molar-refractivity contribution >= 4 is 28.3 Å². The third kappa shape index (κ3) is 4.74. The molecule has 0 atom stereocenters. The zero-order chi connectivity index (χ0) is 21.8. The van der Waals surface area contributed by atoms with Crippen LogP contribution in [0.25, 0.3) is 10.9 Å². The second-order valence-corrected chi connectivity index (χ2v) is 7.62. The van der Waals surface area contributed by atoms with Crippen molar-refractivity contribution in [2.24, 2.45) is 0 Å². The number of nitrogens with zero attached hydrogens (tertiary/aromatic N) is 3. The van der Waals surface area contributed by atoms with Crippen LogP contribution in [0.4, 0.5) is 11.5 Å². The molecule has 0 radical (unpaired) electrons. The number of aromatic nitrogens is 1. The topological polar surface area (TPSA) is 97.6 Å². The highest BCUT2D eigenvalue weighted by Crippen LogP contribution is 2.23. The number of piperidine rings is 1. The lowest BCUT2D eigenvalue weighted by atomic mass is 10.0. The van der Waals surface area contributed by atoms with Crippen molar-refractivity contribution in [1.29, 1.82) is 0 Å². The minimum absolute atomic E-state index is 0.0557. The van der Waals surface area contributed by atoms with Gasteiger partial charge in [0.15, 0.2) is 0 Å². The summed E-state index contributed by atoms with van der Waals surface area (Å²) in [7, 11) is 1.61.